The minimum absolute atomic E-state index is 0.970. The van der Waals surface area contributed by atoms with Crippen molar-refractivity contribution in [2.45, 2.75) is 0 Å². The molecule has 2 nitrogen and oxygen atoms in total. The summed E-state index contributed by atoms with van der Waals surface area (Å²) in [5.74, 6) is 0. The van der Waals surface area contributed by atoms with Gasteiger partial charge >= 0.3 is 33.0 Å². The summed E-state index contributed by atoms with van der Waals surface area (Å²) in [5.41, 5.74) is 2.01. The third kappa shape index (κ3) is 9.96. The molecule has 0 aliphatic rings. The van der Waals surface area contributed by atoms with Gasteiger partial charge in [0.05, 0.1) is 0 Å². The molecule has 1 N–H and O–H groups in total. The predicted octanol–water partition coefficient (Wildman–Crippen LogP) is 4.95. The van der Waals surface area contributed by atoms with Crippen molar-refractivity contribution in [1.29, 1.82) is 0 Å². The van der Waals surface area contributed by atoms with Crippen molar-refractivity contribution in [3.05, 3.63) is 48.8 Å². The first-order valence-corrected chi connectivity index (χ1v) is 6.89. The van der Waals surface area contributed by atoms with Crippen molar-refractivity contribution >= 4 is 7.81 Å². The molecule has 0 aromatic carbocycles. The van der Waals surface area contributed by atoms with Gasteiger partial charge in [0.1, 0.15) is 5.69 Å². The molecule has 2 aromatic rings. The van der Waals surface area contributed by atoms with Crippen LogP contribution in [0.1, 0.15) is 0 Å². The zero-order valence-corrected chi connectivity index (χ0v) is 10.2. The molecule has 19 heavy (non-hydrogen) atoms. The van der Waals surface area contributed by atoms with Crippen LogP contribution in [0.4, 0.5) is 25.2 Å². The Hall–Kier alpha value is -1.69. The number of hydrogen-bond donors (Lipinski definition) is 0. The largest absolute Gasteiger partial charge is 0.250 e. The summed E-state index contributed by atoms with van der Waals surface area (Å²) < 4.78 is 59.2. The molecule has 2 aromatic heterocycles. The molecule has 2 heterocycles. The Balaban J connectivity index is 0.000000224. The number of nitrogens with one attached hydrogen (secondary N) is 1. The number of pyridine rings is 2. The molecule has 0 amide bonds. The number of hydrogen-bond acceptors (Lipinski definition) is 1. The van der Waals surface area contributed by atoms with Gasteiger partial charge in [-0.15, -0.1) is 0 Å². The van der Waals surface area contributed by atoms with Gasteiger partial charge in [-0.1, -0.05) is 6.07 Å². The van der Waals surface area contributed by atoms with Gasteiger partial charge < -0.3 is 0 Å². The number of H-pyrrole nitrogens is 1. The van der Waals surface area contributed by atoms with E-state index in [-0.39, 0.29) is 0 Å². The molecular formula is C10H9F6N2P. The zero-order valence-electron chi connectivity index (χ0n) is 9.28. The van der Waals surface area contributed by atoms with Crippen molar-refractivity contribution in [3.63, 3.8) is 0 Å². The Morgan fingerprint density at radius 3 is 1.84 bits per heavy atom. The van der Waals surface area contributed by atoms with Crippen LogP contribution in [-0.4, -0.2) is 4.98 Å². The van der Waals surface area contributed by atoms with Gasteiger partial charge in [0.25, 0.3) is 0 Å². The van der Waals surface area contributed by atoms with Gasteiger partial charge in [0.15, 0.2) is 6.20 Å². The molecule has 0 unspecified atom stereocenters. The van der Waals surface area contributed by atoms with Crippen molar-refractivity contribution in [1.82, 2.24) is 4.98 Å². The Bertz CT molecular complexity index is 477. The first kappa shape index (κ1) is 15.4. The van der Waals surface area contributed by atoms with E-state index in [4.69, 9.17) is 0 Å². The Labute approximate surface area is 104 Å². The van der Waals surface area contributed by atoms with Crippen LogP contribution in [0.5, 0.6) is 0 Å². The molecule has 0 aliphatic carbocycles. The molecule has 0 aliphatic heterocycles. The van der Waals surface area contributed by atoms with E-state index < -0.39 is 7.81 Å². The second kappa shape index (κ2) is 4.45. The molecule has 0 bridgehead atoms. The number of aromatic amines is 1. The summed E-state index contributed by atoms with van der Waals surface area (Å²) in [6, 6.07) is 11.8. The van der Waals surface area contributed by atoms with Gasteiger partial charge in [0, 0.05) is 18.3 Å². The summed E-state index contributed by atoms with van der Waals surface area (Å²) in [4.78, 5) is 7.34. The van der Waals surface area contributed by atoms with Crippen LogP contribution in [0, 0.1) is 0 Å². The van der Waals surface area contributed by atoms with E-state index in [9.17, 15) is 25.2 Å². The van der Waals surface area contributed by atoms with E-state index >= 15 is 0 Å². The van der Waals surface area contributed by atoms with E-state index in [2.05, 4.69) is 9.97 Å². The summed E-state index contributed by atoms with van der Waals surface area (Å²) in [6.45, 7) is 0. The van der Waals surface area contributed by atoms with E-state index in [1.165, 1.54) is 0 Å². The third-order valence-corrected chi connectivity index (χ3v) is 1.65. The van der Waals surface area contributed by atoms with E-state index in [0.717, 1.165) is 11.4 Å². The average Bonchev–Trinajstić information content (AvgIpc) is 2.27. The summed E-state index contributed by atoms with van der Waals surface area (Å²) in [7, 11) is -10.7. The first-order valence-electron chi connectivity index (χ1n) is 4.86. The molecule has 0 spiro atoms. The minimum Gasteiger partial charge on any atom is -0.250 e. The monoisotopic (exact) mass is 302 g/mol. The molecule has 2 rings (SSSR count). The Morgan fingerprint density at radius 2 is 1.42 bits per heavy atom. The van der Waals surface area contributed by atoms with E-state index in [1.807, 2.05) is 42.6 Å². The predicted molar refractivity (Wildman–Crippen MR) is 59.8 cm³/mol. The van der Waals surface area contributed by atoms with Crippen LogP contribution in [0.2, 0.25) is 0 Å². The van der Waals surface area contributed by atoms with E-state index in [1.54, 1.807) is 6.20 Å². The molecule has 0 saturated heterocycles. The normalized spacial score (nSPS) is 14.6. The Kier molecular flexibility index (Phi) is 3.60. The average molecular weight is 302 g/mol. The molecule has 0 radical (unpaired) electrons. The van der Waals surface area contributed by atoms with Gasteiger partial charge in [-0.25, -0.2) is 9.97 Å². The zero-order chi connectivity index (χ0) is 14.6. The van der Waals surface area contributed by atoms with Gasteiger partial charge in [-0.2, -0.15) is 0 Å². The first-order chi connectivity index (χ1) is 8.42. The van der Waals surface area contributed by atoms with E-state index in [0.29, 0.717) is 0 Å². The summed E-state index contributed by atoms with van der Waals surface area (Å²) >= 11 is 0. The minimum atomic E-state index is -10.7. The molecular weight excluding hydrogens is 293 g/mol. The maximum absolute atomic E-state index is 10.7. The fourth-order valence-corrected chi connectivity index (χ4v) is 1.07. The van der Waals surface area contributed by atoms with Crippen LogP contribution in [-0.2, 0) is 0 Å². The van der Waals surface area contributed by atoms with Gasteiger partial charge in [-0.3, -0.25) is 0 Å². The quantitative estimate of drug-likeness (QED) is 0.541. The molecule has 106 valence electrons. The number of nitrogens with zero attached hydrogens (tertiary/aromatic N) is 1. The smallest absolute Gasteiger partial charge is 0.229 e. The van der Waals surface area contributed by atoms with Crippen molar-refractivity contribution in [2.75, 3.05) is 0 Å². The maximum atomic E-state index is 9.87. The van der Waals surface area contributed by atoms with Crippen LogP contribution in [0.25, 0.3) is 11.4 Å². The van der Waals surface area contributed by atoms with Crippen molar-refractivity contribution in [3.8, 4) is 11.4 Å². The number of halogens is 6. The maximum Gasteiger partial charge on any atom is 0.229 e. The molecule has 0 atom stereocenters. The van der Waals surface area contributed by atoms with Crippen LogP contribution < -0.4 is 4.98 Å². The molecule has 0 fully saturated rings. The Morgan fingerprint density at radius 1 is 0.842 bits per heavy atom. The third-order valence-electron chi connectivity index (χ3n) is 1.65. The fraction of sp³-hybridized carbons (Fsp3) is 0. The number of rotatable bonds is 1. The second-order valence-corrected chi connectivity index (χ2v) is 5.37. The second-order valence-electron chi connectivity index (χ2n) is 3.45. The van der Waals surface area contributed by atoms with Gasteiger partial charge in [0.2, 0.25) is 5.69 Å². The van der Waals surface area contributed by atoms with Crippen LogP contribution >= 0.6 is 7.81 Å². The SMILES string of the molecule is F[P-](F)(F)(F)(F)F.c1ccc(-c2cccc[nH+]2)nc1. The van der Waals surface area contributed by atoms with Gasteiger partial charge in [-0.05, 0) is 18.2 Å². The fourth-order valence-electron chi connectivity index (χ4n) is 1.07. The van der Waals surface area contributed by atoms with Crippen LogP contribution in [0.15, 0.2) is 48.8 Å². The standard InChI is InChI=1S/C10H8N2.F6P/c1-3-7-11-9(5-1)10-6-2-4-8-12-10;1-7(2,3,4,5)6/h1-8H;/q;-1/p+1. The van der Waals surface area contributed by atoms with Crippen molar-refractivity contribution in [2.24, 2.45) is 0 Å². The molecule has 0 saturated carbocycles. The topological polar surface area (TPSA) is 27.0 Å². The summed E-state index contributed by atoms with van der Waals surface area (Å²) in [6.07, 6.45) is 3.68. The summed E-state index contributed by atoms with van der Waals surface area (Å²) in [5, 5.41) is 0. The van der Waals surface area contributed by atoms with Crippen molar-refractivity contribution < 1.29 is 30.2 Å². The molecule has 9 heteroatoms. The van der Waals surface area contributed by atoms with Crippen LogP contribution in [0.3, 0.4) is 0 Å². The number of aromatic nitrogens is 2.